The number of azo groups is 2. The highest BCUT2D eigenvalue weighted by Crippen LogP contribution is 2.39. The Kier molecular flexibility index (Phi) is 7.08. The number of hydrogen-bond acceptors (Lipinski definition) is 9. The van der Waals surface area contributed by atoms with Crippen molar-refractivity contribution in [1.82, 2.24) is 4.98 Å². The summed E-state index contributed by atoms with van der Waals surface area (Å²) in [5.41, 5.74) is 2.09. The van der Waals surface area contributed by atoms with Crippen molar-refractivity contribution in [1.29, 1.82) is 0 Å². The van der Waals surface area contributed by atoms with Gasteiger partial charge >= 0.3 is 0 Å². The maximum atomic E-state index is 11.3. The molecule has 0 unspecified atom stereocenters. The van der Waals surface area contributed by atoms with Gasteiger partial charge in [-0.2, -0.15) is 0 Å². The van der Waals surface area contributed by atoms with E-state index < -0.39 is 0 Å². The molecule has 0 fully saturated rings. The molecule has 0 bridgehead atoms. The van der Waals surface area contributed by atoms with Crippen LogP contribution in [0.4, 0.5) is 21.5 Å². The molecule has 0 saturated carbocycles. The number of unbranched alkanes of at least 4 members (excludes halogenated alkanes) is 1. The number of ether oxygens (including phenoxy) is 1. The van der Waals surface area contributed by atoms with E-state index in [1.165, 1.54) is 29.6 Å². The third kappa shape index (κ3) is 5.68. The van der Waals surface area contributed by atoms with E-state index in [1.807, 2.05) is 30.3 Å². The third-order valence-corrected chi connectivity index (χ3v) is 6.39. The average molecular weight is 464 g/mol. The Balaban J connectivity index is 1.38. The van der Waals surface area contributed by atoms with Crippen LogP contribution in [-0.2, 0) is 0 Å². The smallest absolute Gasteiger partial charge is 0.231 e. The van der Waals surface area contributed by atoms with Crippen molar-refractivity contribution in [3.63, 3.8) is 0 Å². The predicted molar refractivity (Wildman–Crippen MR) is 129 cm³/mol. The molecule has 162 valence electrons. The summed E-state index contributed by atoms with van der Waals surface area (Å²) in [5, 5.41) is 18.4. The number of Topliss-reactive ketones (excluding diaryl/α,β-unsaturated/α-hetero) is 1. The number of benzene rings is 2. The lowest BCUT2D eigenvalue weighted by Gasteiger charge is -2.04. The molecule has 0 saturated heterocycles. The van der Waals surface area contributed by atoms with Crippen LogP contribution < -0.4 is 4.74 Å². The molecule has 2 aromatic carbocycles. The molecule has 4 rings (SSSR count). The van der Waals surface area contributed by atoms with Crippen LogP contribution in [0.1, 0.15) is 37.0 Å². The van der Waals surface area contributed by atoms with Crippen LogP contribution in [0, 0.1) is 0 Å². The molecule has 0 radical (unpaired) electrons. The lowest BCUT2D eigenvalue weighted by atomic mass is 10.1. The average Bonchev–Trinajstić information content (AvgIpc) is 3.36. The zero-order valence-electron chi connectivity index (χ0n) is 17.7. The minimum absolute atomic E-state index is 0.0273. The molecular weight excluding hydrogens is 442 g/mol. The highest BCUT2D eigenvalue weighted by atomic mass is 32.1. The lowest BCUT2D eigenvalue weighted by molar-refractivity contribution is 0.101. The van der Waals surface area contributed by atoms with Crippen molar-refractivity contribution in [2.24, 2.45) is 20.5 Å². The van der Waals surface area contributed by atoms with Crippen molar-refractivity contribution >= 4 is 59.5 Å². The molecule has 9 heteroatoms. The molecule has 32 heavy (non-hydrogen) atoms. The van der Waals surface area contributed by atoms with Gasteiger partial charge in [-0.05, 0) is 67.9 Å². The number of nitrogens with zero attached hydrogens (tertiary/aromatic N) is 5. The first-order valence-corrected chi connectivity index (χ1v) is 11.8. The monoisotopic (exact) mass is 463 g/mol. The number of fused-ring (bicyclic) bond motifs is 1. The van der Waals surface area contributed by atoms with Gasteiger partial charge in [0.2, 0.25) is 5.13 Å². The molecule has 0 amide bonds. The Morgan fingerprint density at radius 2 is 1.62 bits per heavy atom. The molecule has 0 atom stereocenters. The van der Waals surface area contributed by atoms with Crippen LogP contribution in [0.25, 0.3) is 9.53 Å². The van der Waals surface area contributed by atoms with E-state index in [2.05, 4.69) is 32.4 Å². The molecule has 4 aromatic rings. The van der Waals surface area contributed by atoms with E-state index in [0.29, 0.717) is 16.4 Å². The van der Waals surface area contributed by atoms with E-state index in [1.54, 1.807) is 24.3 Å². The molecule has 2 aromatic heterocycles. The number of aromatic nitrogens is 1. The largest absolute Gasteiger partial charge is 0.494 e. The first-order chi connectivity index (χ1) is 15.6. The van der Waals surface area contributed by atoms with Gasteiger partial charge in [-0.15, -0.1) is 20.5 Å². The summed E-state index contributed by atoms with van der Waals surface area (Å²) in [6, 6.07) is 16.5. The second-order valence-electron chi connectivity index (χ2n) is 6.95. The highest BCUT2D eigenvalue weighted by molar-refractivity contribution is 7.30. The number of ketones is 1. The fourth-order valence-corrected chi connectivity index (χ4v) is 4.57. The van der Waals surface area contributed by atoms with Gasteiger partial charge in [-0.1, -0.05) is 36.0 Å². The summed E-state index contributed by atoms with van der Waals surface area (Å²) in [5.74, 6) is 0.864. The molecule has 0 aliphatic rings. The van der Waals surface area contributed by atoms with Gasteiger partial charge in [0.05, 0.1) is 22.7 Å². The summed E-state index contributed by atoms with van der Waals surface area (Å²) in [7, 11) is 0. The van der Waals surface area contributed by atoms with Crippen LogP contribution in [0.15, 0.2) is 75.1 Å². The summed E-state index contributed by atoms with van der Waals surface area (Å²) >= 11 is 2.90. The van der Waals surface area contributed by atoms with Crippen LogP contribution in [0.2, 0.25) is 0 Å². The number of rotatable bonds is 9. The Morgan fingerprint density at radius 3 is 2.28 bits per heavy atom. The normalized spacial score (nSPS) is 11.7. The predicted octanol–water partition coefficient (Wildman–Crippen LogP) is 8.57. The molecular formula is C23H21N5O2S2. The van der Waals surface area contributed by atoms with Gasteiger partial charge in [0.15, 0.2) is 5.78 Å². The molecule has 2 heterocycles. The van der Waals surface area contributed by atoms with Gasteiger partial charge in [0.1, 0.15) is 15.6 Å². The van der Waals surface area contributed by atoms with Crippen molar-refractivity contribution in [3.05, 3.63) is 60.2 Å². The third-order valence-electron chi connectivity index (χ3n) is 4.46. The van der Waals surface area contributed by atoms with Gasteiger partial charge in [0, 0.05) is 5.56 Å². The van der Waals surface area contributed by atoms with Crippen molar-refractivity contribution < 1.29 is 9.53 Å². The Hall–Kier alpha value is -3.30. The number of carbonyl (C=O) groups is 1. The fraction of sp³-hybridized carbons (Fsp3) is 0.217. The van der Waals surface area contributed by atoms with Crippen molar-refractivity contribution in [2.75, 3.05) is 6.61 Å². The zero-order valence-corrected chi connectivity index (χ0v) is 19.3. The van der Waals surface area contributed by atoms with Crippen LogP contribution in [0.3, 0.4) is 0 Å². The summed E-state index contributed by atoms with van der Waals surface area (Å²) in [6.45, 7) is 4.40. The lowest BCUT2D eigenvalue weighted by Crippen LogP contribution is -1.95. The number of hydrogen-bond donors (Lipinski definition) is 0. The zero-order chi connectivity index (χ0) is 22.3. The highest BCUT2D eigenvalue weighted by Gasteiger charge is 2.08. The summed E-state index contributed by atoms with van der Waals surface area (Å²) in [4.78, 5) is 16.7. The van der Waals surface area contributed by atoms with Gasteiger partial charge in [-0.25, -0.2) is 4.98 Å². The standard InChI is InChI=1S/C23H21N5O2S2/c1-3-4-13-30-19-11-9-18(10-12-19)26-28-23-24-22-20(31-23)14-21(32-22)27-25-17-7-5-16(6-8-17)15(2)29/h5-12,14H,3-4,13H2,1-2H3. The molecule has 0 aliphatic carbocycles. The van der Waals surface area contributed by atoms with E-state index in [-0.39, 0.29) is 5.78 Å². The SMILES string of the molecule is CCCCOc1ccc(N=Nc2nc3sc(N=Nc4ccc(C(C)=O)cc4)cc3s2)cc1. The first-order valence-electron chi connectivity index (χ1n) is 10.2. The number of carbonyl (C=O) groups excluding carboxylic acids is 1. The minimum Gasteiger partial charge on any atom is -0.494 e. The van der Waals surface area contributed by atoms with Crippen LogP contribution in [0.5, 0.6) is 5.75 Å². The van der Waals surface area contributed by atoms with Crippen LogP contribution >= 0.6 is 22.7 Å². The van der Waals surface area contributed by atoms with Crippen molar-refractivity contribution in [3.8, 4) is 5.75 Å². The number of thiazole rings is 1. The topological polar surface area (TPSA) is 88.6 Å². The summed E-state index contributed by atoms with van der Waals surface area (Å²) in [6.07, 6.45) is 2.15. The van der Waals surface area contributed by atoms with Gasteiger partial charge in [-0.3, -0.25) is 4.79 Å². The van der Waals surface area contributed by atoms with E-state index in [4.69, 9.17) is 4.74 Å². The van der Waals surface area contributed by atoms with Crippen LogP contribution in [-0.4, -0.2) is 17.4 Å². The molecule has 0 N–H and O–H groups in total. The van der Waals surface area contributed by atoms with E-state index in [9.17, 15) is 4.79 Å². The van der Waals surface area contributed by atoms with Crippen molar-refractivity contribution in [2.45, 2.75) is 26.7 Å². The maximum absolute atomic E-state index is 11.3. The fourth-order valence-electron chi connectivity index (χ4n) is 2.72. The minimum atomic E-state index is 0.0273. The summed E-state index contributed by atoms with van der Waals surface area (Å²) < 4.78 is 6.65. The molecule has 7 nitrogen and oxygen atoms in total. The quantitative estimate of drug-likeness (QED) is 0.141. The molecule has 0 aliphatic heterocycles. The molecule has 0 spiro atoms. The Morgan fingerprint density at radius 1 is 0.938 bits per heavy atom. The maximum Gasteiger partial charge on any atom is 0.231 e. The van der Waals surface area contributed by atoms with Gasteiger partial charge in [0.25, 0.3) is 0 Å². The Labute approximate surface area is 193 Å². The first kappa shape index (κ1) is 21.9. The van der Waals surface area contributed by atoms with E-state index >= 15 is 0 Å². The second-order valence-corrected chi connectivity index (χ2v) is 8.97. The second kappa shape index (κ2) is 10.3. The van der Waals surface area contributed by atoms with Gasteiger partial charge < -0.3 is 4.74 Å². The Bertz CT molecular complexity index is 1230. The number of thiophene rings is 1. The van der Waals surface area contributed by atoms with E-state index in [0.717, 1.165) is 45.4 Å².